The molecule has 4 rings (SSSR count). The van der Waals surface area contributed by atoms with Crippen LogP contribution in [0.4, 0.5) is 0 Å². The number of nitrogens with zero attached hydrogens (tertiary/aromatic N) is 6. The summed E-state index contributed by atoms with van der Waals surface area (Å²) in [4.78, 5) is 17.8. The molecular formula is C19H19BrN6O. The van der Waals surface area contributed by atoms with E-state index in [-0.39, 0.29) is 11.6 Å². The molecule has 0 atom stereocenters. The van der Waals surface area contributed by atoms with Gasteiger partial charge in [-0.3, -0.25) is 9.48 Å². The van der Waals surface area contributed by atoms with E-state index in [0.29, 0.717) is 29.3 Å². The second-order valence-corrected chi connectivity index (χ2v) is 7.45. The lowest BCUT2D eigenvalue weighted by molar-refractivity contribution is 0.582. The Hall–Kier alpha value is -2.74. The molecule has 0 aliphatic rings. The summed E-state index contributed by atoms with van der Waals surface area (Å²) in [5, 5.41) is 8.88. The summed E-state index contributed by atoms with van der Waals surface area (Å²) in [6, 6.07) is 11.5. The average molecular weight is 427 g/mol. The Morgan fingerprint density at radius 3 is 2.74 bits per heavy atom. The van der Waals surface area contributed by atoms with Crippen LogP contribution < -0.4 is 5.56 Å². The van der Waals surface area contributed by atoms with Crippen LogP contribution in [0.1, 0.15) is 26.8 Å². The first-order chi connectivity index (χ1) is 13.0. The van der Waals surface area contributed by atoms with Crippen molar-refractivity contribution >= 4 is 26.8 Å². The third kappa shape index (κ3) is 2.90. The van der Waals surface area contributed by atoms with E-state index in [0.717, 1.165) is 9.99 Å². The van der Waals surface area contributed by atoms with Gasteiger partial charge in [0.05, 0.1) is 10.9 Å². The lowest BCUT2D eigenvalue weighted by Gasteiger charge is -2.12. The predicted octanol–water partition coefficient (Wildman–Crippen LogP) is 3.81. The van der Waals surface area contributed by atoms with Crippen molar-refractivity contribution in [1.29, 1.82) is 0 Å². The van der Waals surface area contributed by atoms with Gasteiger partial charge < -0.3 is 4.57 Å². The van der Waals surface area contributed by atoms with Gasteiger partial charge in [-0.1, -0.05) is 22.0 Å². The fourth-order valence-corrected chi connectivity index (χ4v) is 3.61. The highest BCUT2D eigenvalue weighted by molar-refractivity contribution is 9.10. The number of aromatic nitrogens is 6. The molecule has 0 radical (unpaired) electrons. The number of fused-ring (bicyclic) bond motifs is 1. The quantitative estimate of drug-likeness (QED) is 0.497. The maximum atomic E-state index is 13.1. The molecule has 4 aromatic rings. The zero-order valence-electron chi connectivity index (χ0n) is 15.3. The predicted molar refractivity (Wildman–Crippen MR) is 108 cm³/mol. The fourth-order valence-electron chi connectivity index (χ4n) is 3.25. The minimum Gasteiger partial charge on any atom is -0.310 e. The van der Waals surface area contributed by atoms with Crippen LogP contribution in [0.5, 0.6) is 0 Å². The number of halogens is 1. The van der Waals surface area contributed by atoms with Crippen molar-refractivity contribution in [1.82, 2.24) is 29.1 Å². The molecule has 3 heterocycles. The van der Waals surface area contributed by atoms with Gasteiger partial charge in [0, 0.05) is 17.1 Å². The summed E-state index contributed by atoms with van der Waals surface area (Å²) in [5.41, 5.74) is 1.46. The van der Waals surface area contributed by atoms with Crippen molar-refractivity contribution in [2.24, 2.45) is 0 Å². The van der Waals surface area contributed by atoms with E-state index in [4.69, 9.17) is 4.98 Å². The van der Waals surface area contributed by atoms with Gasteiger partial charge in [-0.15, -0.1) is 10.2 Å². The third-order valence-corrected chi connectivity index (χ3v) is 5.00. The molecule has 0 unspecified atom stereocenters. The lowest BCUT2D eigenvalue weighted by atomic mass is 10.2. The average Bonchev–Trinajstić information content (AvgIpc) is 3.25. The van der Waals surface area contributed by atoms with Crippen molar-refractivity contribution in [2.45, 2.75) is 33.4 Å². The van der Waals surface area contributed by atoms with Crippen LogP contribution in [-0.4, -0.2) is 29.1 Å². The van der Waals surface area contributed by atoms with Crippen LogP contribution in [0.2, 0.25) is 0 Å². The summed E-state index contributed by atoms with van der Waals surface area (Å²) in [6.45, 7) is 6.78. The molecule has 0 amide bonds. The van der Waals surface area contributed by atoms with Crippen molar-refractivity contribution in [3.63, 3.8) is 0 Å². The Labute approximate surface area is 164 Å². The Morgan fingerprint density at radius 2 is 2.00 bits per heavy atom. The monoisotopic (exact) mass is 426 g/mol. The van der Waals surface area contributed by atoms with Crippen molar-refractivity contribution in [2.75, 3.05) is 0 Å². The fraction of sp³-hybridized carbons (Fsp3) is 0.263. The minimum absolute atomic E-state index is 0.0943. The molecule has 138 valence electrons. The highest BCUT2D eigenvalue weighted by Crippen LogP contribution is 2.22. The van der Waals surface area contributed by atoms with Gasteiger partial charge in [0.1, 0.15) is 12.0 Å². The third-order valence-electron chi connectivity index (χ3n) is 4.51. The van der Waals surface area contributed by atoms with Gasteiger partial charge in [-0.05, 0) is 51.1 Å². The first-order valence-corrected chi connectivity index (χ1v) is 9.59. The van der Waals surface area contributed by atoms with E-state index in [1.54, 1.807) is 11.0 Å². The number of hydrogen-bond donors (Lipinski definition) is 0. The van der Waals surface area contributed by atoms with Gasteiger partial charge in [0.2, 0.25) is 0 Å². The van der Waals surface area contributed by atoms with Gasteiger partial charge in [-0.2, -0.15) is 4.68 Å². The zero-order valence-corrected chi connectivity index (χ0v) is 16.9. The highest BCUT2D eigenvalue weighted by Gasteiger charge is 2.17. The summed E-state index contributed by atoms with van der Waals surface area (Å²) in [5.74, 6) is 1.24. The number of pyridine rings is 1. The van der Waals surface area contributed by atoms with Gasteiger partial charge >= 0.3 is 0 Å². The molecule has 0 aliphatic heterocycles. The second-order valence-electron chi connectivity index (χ2n) is 6.53. The molecule has 0 bridgehead atoms. The molecular weight excluding hydrogens is 408 g/mol. The van der Waals surface area contributed by atoms with Crippen LogP contribution in [0.3, 0.4) is 0 Å². The first-order valence-electron chi connectivity index (χ1n) is 8.79. The molecule has 0 spiro atoms. The number of aryl methyl sites for hydroxylation is 1. The number of rotatable bonds is 4. The molecule has 1 aromatic carbocycles. The molecule has 0 N–H and O–H groups in total. The van der Waals surface area contributed by atoms with Crippen LogP contribution in [0.25, 0.3) is 28.2 Å². The van der Waals surface area contributed by atoms with Gasteiger partial charge in [0.15, 0.2) is 11.6 Å². The van der Waals surface area contributed by atoms with E-state index in [1.165, 1.54) is 0 Å². The van der Waals surface area contributed by atoms with E-state index >= 15 is 0 Å². The minimum atomic E-state index is -0.0943. The van der Waals surface area contributed by atoms with Crippen molar-refractivity contribution in [3.8, 4) is 17.3 Å². The zero-order chi connectivity index (χ0) is 19.1. The molecule has 0 aliphatic carbocycles. The van der Waals surface area contributed by atoms with Crippen LogP contribution in [0.15, 0.2) is 52.0 Å². The topological polar surface area (TPSA) is 70.5 Å². The summed E-state index contributed by atoms with van der Waals surface area (Å²) in [6.07, 6.45) is 1.70. The number of hydrogen-bond acceptors (Lipinski definition) is 4. The summed E-state index contributed by atoms with van der Waals surface area (Å²) in [7, 11) is 0. The van der Waals surface area contributed by atoms with Crippen LogP contribution in [0, 0.1) is 0 Å². The SMILES string of the molecule is CCn1c2ccc(Br)cc2c(=O)n1-c1cccc(-c2nncn2C(C)C)n1. The molecule has 0 saturated carbocycles. The van der Waals surface area contributed by atoms with Crippen LogP contribution >= 0.6 is 15.9 Å². The summed E-state index contributed by atoms with van der Waals surface area (Å²) < 4.78 is 6.39. The highest BCUT2D eigenvalue weighted by atomic mass is 79.9. The Kier molecular flexibility index (Phi) is 4.43. The van der Waals surface area contributed by atoms with E-state index in [1.807, 2.05) is 52.6 Å². The van der Waals surface area contributed by atoms with Gasteiger partial charge in [0.25, 0.3) is 5.56 Å². The molecule has 0 saturated heterocycles. The van der Waals surface area contributed by atoms with Crippen LogP contribution in [-0.2, 0) is 6.54 Å². The Bertz CT molecular complexity index is 1190. The maximum Gasteiger partial charge on any atom is 0.280 e. The molecule has 7 nitrogen and oxygen atoms in total. The first kappa shape index (κ1) is 17.7. The molecule has 3 aromatic heterocycles. The Balaban J connectivity index is 1.94. The lowest BCUT2D eigenvalue weighted by Crippen LogP contribution is -2.22. The normalized spacial score (nSPS) is 11.6. The van der Waals surface area contributed by atoms with Crippen molar-refractivity contribution < 1.29 is 0 Å². The van der Waals surface area contributed by atoms with E-state index in [9.17, 15) is 4.79 Å². The standard InChI is InChI=1S/C19H19BrN6O/c1-4-25-16-9-8-13(20)10-14(16)19(27)26(25)17-7-5-6-15(22-17)18-23-21-11-24(18)12(2)3/h5-12H,4H2,1-3H3. The van der Waals surface area contributed by atoms with E-state index < -0.39 is 0 Å². The maximum absolute atomic E-state index is 13.1. The van der Waals surface area contributed by atoms with Crippen molar-refractivity contribution in [3.05, 3.63) is 57.6 Å². The molecule has 0 fully saturated rings. The van der Waals surface area contributed by atoms with E-state index in [2.05, 4.69) is 40.0 Å². The summed E-state index contributed by atoms with van der Waals surface area (Å²) >= 11 is 3.45. The molecule has 8 heteroatoms. The van der Waals surface area contributed by atoms with Gasteiger partial charge in [-0.25, -0.2) is 4.98 Å². The molecule has 27 heavy (non-hydrogen) atoms. The Morgan fingerprint density at radius 1 is 1.19 bits per heavy atom. The largest absolute Gasteiger partial charge is 0.310 e. The second kappa shape index (κ2) is 6.77. The number of benzene rings is 1. The smallest absolute Gasteiger partial charge is 0.280 e.